The van der Waals surface area contributed by atoms with Crippen LogP contribution in [0.2, 0.25) is 0 Å². The number of H-pyrrole nitrogens is 1. The number of aromatic amines is 1. The van der Waals surface area contributed by atoms with Crippen molar-refractivity contribution in [1.82, 2.24) is 4.98 Å². The van der Waals surface area contributed by atoms with E-state index in [2.05, 4.69) is 10.2 Å². The highest BCUT2D eigenvalue weighted by molar-refractivity contribution is 5.74. The lowest BCUT2D eigenvalue weighted by atomic mass is 10.1. The Hall–Kier alpha value is -2.23. The van der Waals surface area contributed by atoms with Gasteiger partial charge in [0.1, 0.15) is 0 Å². The fourth-order valence-electron chi connectivity index (χ4n) is 1.41. The Morgan fingerprint density at radius 2 is 1.80 bits per heavy atom. The topological polar surface area (TPSA) is 62.3 Å². The Kier molecular flexibility index (Phi) is 2.41. The van der Waals surface area contributed by atoms with Gasteiger partial charge in [-0.2, -0.15) is 0 Å². The molecule has 1 heterocycles. The molecule has 15 heavy (non-hydrogen) atoms. The molecule has 0 unspecified atom stereocenters. The number of nitroso groups, excluding NO2 is 1. The van der Waals surface area contributed by atoms with Crippen LogP contribution >= 0.6 is 0 Å². The SMILES string of the molecule is O=Nc1c(-c2ccccc2)cc[nH]c1=O. The van der Waals surface area contributed by atoms with Gasteiger partial charge in [-0.1, -0.05) is 30.3 Å². The molecule has 2 rings (SSSR count). The van der Waals surface area contributed by atoms with Crippen molar-refractivity contribution in [2.24, 2.45) is 5.18 Å². The van der Waals surface area contributed by atoms with E-state index in [-0.39, 0.29) is 5.69 Å². The maximum absolute atomic E-state index is 11.3. The second kappa shape index (κ2) is 3.88. The summed E-state index contributed by atoms with van der Waals surface area (Å²) in [6.07, 6.45) is 1.50. The molecule has 2 aromatic rings. The fraction of sp³-hybridized carbons (Fsp3) is 0. The normalized spacial score (nSPS) is 9.87. The molecule has 0 aliphatic rings. The molecule has 1 N–H and O–H groups in total. The Bertz CT molecular complexity index is 532. The van der Waals surface area contributed by atoms with Gasteiger partial charge in [-0.15, -0.1) is 4.91 Å². The maximum Gasteiger partial charge on any atom is 0.278 e. The average molecular weight is 200 g/mol. The van der Waals surface area contributed by atoms with Crippen molar-refractivity contribution >= 4 is 5.69 Å². The summed E-state index contributed by atoms with van der Waals surface area (Å²) >= 11 is 0. The zero-order valence-electron chi connectivity index (χ0n) is 7.81. The molecule has 0 amide bonds. The van der Waals surface area contributed by atoms with E-state index in [1.165, 1.54) is 6.20 Å². The van der Waals surface area contributed by atoms with Crippen molar-refractivity contribution in [3.63, 3.8) is 0 Å². The molecule has 0 spiro atoms. The molecular weight excluding hydrogens is 192 g/mol. The first-order chi connectivity index (χ1) is 7.33. The Morgan fingerprint density at radius 3 is 2.47 bits per heavy atom. The molecule has 0 atom stereocenters. The van der Waals surface area contributed by atoms with Gasteiger partial charge >= 0.3 is 0 Å². The second-order valence-electron chi connectivity index (χ2n) is 3.03. The fourth-order valence-corrected chi connectivity index (χ4v) is 1.41. The average Bonchev–Trinajstić information content (AvgIpc) is 2.30. The monoisotopic (exact) mass is 200 g/mol. The first kappa shape index (κ1) is 9.33. The summed E-state index contributed by atoms with van der Waals surface area (Å²) in [6.45, 7) is 0. The maximum atomic E-state index is 11.3. The second-order valence-corrected chi connectivity index (χ2v) is 3.03. The van der Waals surface area contributed by atoms with Gasteiger partial charge in [-0.25, -0.2) is 0 Å². The number of rotatable bonds is 2. The van der Waals surface area contributed by atoms with Crippen molar-refractivity contribution in [2.75, 3.05) is 0 Å². The summed E-state index contributed by atoms with van der Waals surface area (Å²) in [4.78, 5) is 24.3. The number of aromatic nitrogens is 1. The zero-order chi connectivity index (χ0) is 10.7. The van der Waals surface area contributed by atoms with Crippen LogP contribution in [0, 0.1) is 4.91 Å². The zero-order valence-corrected chi connectivity index (χ0v) is 7.81. The Morgan fingerprint density at radius 1 is 1.07 bits per heavy atom. The predicted octanol–water partition coefficient (Wildman–Crippen LogP) is 2.44. The van der Waals surface area contributed by atoms with Gasteiger partial charge in [-0.05, 0) is 16.8 Å². The number of benzene rings is 1. The predicted molar refractivity (Wildman–Crippen MR) is 58.0 cm³/mol. The highest BCUT2D eigenvalue weighted by Crippen LogP contribution is 2.25. The van der Waals surface area contributed by atoms with Gasteiger partial charge in [0.25, 0.3) is 5.56 Å². The third kappa shape index (κ3) is 1.69. The van der Waals surface area contributed by atoms with E-state index in [4.69, 9.17) is 0 Å². The van der Waals surface area contributed by atoms with Crippen LogP contribution in [0.1, 0.15) is 0 Å². The number of nitrogens with zero attached hydrogens (tertiary/aromatic N) is 1. The van der Waals surface area contributed by atoms with Crippen LogP contribution in [0.15, 0.2) is 52.6 Å². The molecule has 0 saturated carbocycles. The highest BCUT2D eigenvalue weighted by atomic mass is 16.3. The first-order valence-electron chi connectivity index (χ1n) is 4.43. The molecule has 1 aromatic carbocycles. The summed E-state index contributed by atoms with van der Waals surface area (Å²) in [7, 11) is 0. The highest BCUT2D eigenvalue weighted by Gasteiger charge is 2.08. The number of hydrogen-bond donors (Lipinski definition) is 1. The van der Waals surface area contributed by atoms with Crippen molar-refractivity contribution in [1.29, 1.82) is 0 Å². The largest absolute Gasteiger partial charge is 0.327 e. The van der Waals surface area contributed by atoms with Crippen molar-refractivity contribution in [3.05, 3.63) is 57.9 Å². The minimum Gasteiger partial charge on any atom is -0.327 e. The van der Waals surface area contributed by atoms with E-state index >= 15 is 0 Å². The van der Waals surface area contributed by atoms with E-state index in [1.54, 1.807) is 6.07 Å². The van der Waals surface area contributed by atoms with Gasteiger partial charge in [0.05, 0.1) is 0 Å². The van der Waals surface area contributed by atoms with E-state index < -0.39 is 5.56 Å². The molecule has 1 aromatic heterocycles. The number of nitrogens with one attached hydrogen (secondary N) is 1. The summed E-state index contributed by atoms with van der Waals surface area (Å²) in [5.74, 6) is 0. The van der Waals surface area contributed by atoms with Crippen LogP contribution in [0.4, 0.5) is 5.69 Å². The quantitative estimate of drug-likeness (QED) is 0.756. The Balaban J connectivity index is 2.69. The molecule has 0 bridgehead atoms. The lowest BCUT2D eigenvalue weighted by molar-refractivity contribution is 1.22. The molecule has 0 saturated heterocycles. The number of pyridine rings is 1. The van der Waals surface area contributed by atoms with E-state index in [0.717, 1.165) is 5.56 Å². The van der Waals surface area contributed by atoms with Crippen LogP contribution in [0.3, 0.4) is 0 Å². The Labute approximate surface area is 85.6 Å². The standard InChI is InChI=1S/C11H8N2O2/c14-11-10(13-15)9(6-7-12-11)8-4-2-1-3-5-8/h1-7H,(H,12,14). The van der Waals surface area contributed by atoms with Gasteiger partial charge in [0.15, 0.2) is 5.69 Å². The molecule has 0 aliphatic carbocycles. The smallest absolute Gasteiger partial charge is 0.278 e. The van der Waals surface area contributed by atoms with Crippen molar-refractivity contribution in [2.45, 2.75) is 0 Å². The summed E-state index contributed by atoms with van der Waals surface area (Å²) in [6, 6.07) is 10.8. The van der Waals surface area contributed by atoms with Crippen LogP contribution in [-0.4, -0.2) is 4.98 Å². The van der Waals surface area contributed by atoms with Crippen LogP contribution in [-0.2, 0) is 0 Å². The molecule has 4 heteroatoms. The van der Waals surface area contributed by atoms with Crippen LogP contribution < -0.4 is 5.56 Å². The van der Waals surface area contributed by atoms with E-state index in [9.17, 15) is 9.70 Å². The minimum atomic E-state index is -0.466. The molecule has 0 radical (unpaired) electrons. The van der Waals surface area contributed by atoms with Gasteiger partial charge in [-0.3, -0.25) is 4.79 Å². The van der Waals surface area contributed by atoms with Crippen LogP contribution in [0.5, 0.6) is 0 Å². The van der Waals surface area contributed by atoms with Crippen LogP contribution in [0.25, 0.3) is 11.1 Å². The molecule has 0 aliphatic heterocycles. The molecule has 4 nitrogen and oxygen atoms in total. The molecular formula is C11H8N2O2. The molecule has 74 valence electrons. The van der Waals surface area contributed by atoms with E-state index in [0.29, 0.717) is 5.56 Å². The minimum absolute atomic E-state index is 0.0799. The summed E-state index contributed by atoms with van der Waals surface area (Å²) in [5, 5.41) is 2.75. The summed E-state index contributed by atoms with van der Waals surface area (Å²) in [5.41, 5.74) is 0.808. The molecule has 0 fully saturated rings. The van der Waals surface area contributed by atoms with Gasteiger partial charge in [0, 0.05) is 11.8 Å². The summed E-state index contributed by atoms with van der Waals surface area (Å²) < 4.78 is 0. The van der Waals surface area contributed by atoms with Gasteiger partial charge in [0.2, 0.25) is 0 Å². The van der Waals surface area contributed by atoms with E-state index in [1.807, 2.05) is 30.3 Å². The lowest BCUT2D eigenvalue weighted by Crippen LogP contribution is -2.04. The third-order valence-electron chi connectivity index (χ3n) is 2.11. The van der Waals surface area contributed by atoms with Crippen molar-refractivity contribution in [3.8, 4) is 11.1 Å². The number of hydrogen-bond acceptors (Lipinski definition) is 3. The third-order valence-corrected chi connectivity index (χ3v) is 2.11. The van der Waals surface area contributed by atoms with Gasteiger partial charge < -0.3 is 4.98 Å². The lowest BCUT2D eigenvalue weighted by Gasteiger charge is -2.01. The first-order valence-corrected chi connectivity index (χ1v) is 4.43. The van der Waals surface area contributed by atoms with Crippen molar-refractivity contribution < 1.29 is 0 Å².